The molecule has 1 aliphatic rings. The highest BCUT2D eigenvalue weighted by Gasteiger charge is 2.35. The quantitative estimate of drug-likeness (QED) is 0.670. The third-order valence-corrected chi connectivity index (χ3v) is 4.54. The first-order valence-electron chi connectivity index (χ1n) is 7.98. The van der Waals surface area contributed by atoms with Crippen molar-refractivity contribution in [2.75, 3.05) is 16.8 Å². The molecule has 0 radical (unpaired) electrons. The SMILES string of the molecule is Bc1ccc(C2N(C)c3ccccc3N2c2ccccc2)cc1. The number of nitrogens with zero attached hydrogens (tertiary/aromatic N) is 2. The van der Waals surface area contributed by atoms with Gasteiger partial charge in [-0.05, 0) is 29.8 Å². The summed E-state index contributed by atoms with van der Waals surface area (Å²) in [4.78, 5) is 4.77. The lowest BCUT2D eigenvalue weighted by Crippen LogP contribution is -2.30. The molecule has 0 amide bonds. The van der Waals surface area contributed by atoms with Crippen LogP contribution in [-0.4, -0.2) is 14.9 Å². The Morgan fingerprint density at radius 2 is 1.35 bits per heavy atom. The van der Waals surface area contributed by atoms with Crippen LogP contribution >= 0.6 is 0 Å². The Labute approximate surface area is 138 Å². The van der Waals surface area contributed by atoms with Gasteiger partial charge in [-0.1, -0.05) is 60.1 Å². The number of hydrogen-bond acceptors (Lipinski definition) is 2. The molecule has 0 saturated heterocycles. The molecule has 0 bridgehead atoms. The third-order valence-electron chi connectivity index (χ3n) is 4.54. The number of para-hydroxylation sites is 3. The van der Waals surface area contributed by atoms with Crippen LogP contribution in [0.4, 0.5) is 17.1 Å². The largest absolute Gasteiger partial charge is 0.349 e. The van der Waals surface area contributed by atoms with Crippen LogP contribution in [0.15, 0.2) is 78.9 Å². The lowest BCUT2D eigenvalue weighted by Gasteiger charge is -2.31. The second-order valence-electron chi connectivity index (χ2n) is 6.09. The van der Waals surface area contributed by atoms with E-state index >= 15 is 0 Å². The monoisotopic (exact) mass is 298 g/mol. The first kappa shape index (κ1) is 14.0. The molecule has 0 fully saturated rings. The number of fused-ring (bicyclic) bond motifs is 1. The van der Waals surface area contributed by atoms with E-state index in [1.54, 1.807) is 0 Å². The van der Waals surface area contributed by atoms with Crippen LogP contribution in [0.5, 0.6) is 0 Å². The minimum atomic E-state index is 0.176. The van der Waals surface area contributed by atoms with Crippen molar-refractivity contribution in [2.24, 2.45) is 0 Å². The lowest BCUT2D eigenvalue weighted by molar-refractivity contribution is 0.719. The first-order chi connectivity index (χ1) is 11.3. The van der Waals surface area contributed by atoms with Crippen molar-refractivity contribution in [3.63, 3.8) is 0 Å². The Hall–Kier alpha value is -2.68. The van der Waals surface area contributed by atoms with E-state index in [1.807, 2.05) is 0 Å². The normalized spacial score (nSPS) is 16.5. The Morgan fingerprint density at radius 3 is 2.04 bits per heavy atom. The smallest absolute Gasteiger partial charge is 0.139 e. The zero-order chi connectivity index (χ0) is 15.8. The van der Waals surface area contributed by atoms with E-state index in [-0.39, 0.29) is 6.17 Å². The highest BCUT2D eigenvalue weighted by Crippen LogP contribution is 2.48. The van der Waals surface area contributed by atoms with Crippen molar-refractivity contribution in [1.82, 2.24) is 0 Å². The predicted octanol–water partition coefficient (Wildman–Crippen LogP) is 3.23. The number of benzene rings is 3. The van der Waals surface area contributed by atoms with Crippen molar-refractivity contribution in [2.45, 2.75) is 6.17 Å². The molecule has 0 aromatic heterocycles. The Kier molecular flexibility index (Phi) is 3.34. The third kappa shape index (κ3) is 2.29. The molecule has 1 unspecified atom stereocenters. The van der Waals surface area contributed by atoms with E-state index in [0.717, 1.165) is 0 Å². The Morgan fingerprint density at radius 1 is 0.739 bits per heavy atom. The van der Waals surface area contributed by atoms with E-state index in [1.165, 1.54) is 28.1 Å². The number of hydrogen-bond donors (Lipinski definition) is 0. The Bertz CT molecular complexity index is 815. The molecule has 4 rings (SSSR count). The average Bonchev–Trinajstić information content (AvgIpc) is 2.90. The van der Waals surface area contributed by atoms with Crippen molar-refractivity contribution in [3.8, 4) is 0 Å². The van der Waals surface area contributed by atoms with Crippen LogP contribution < -0.4 is 15.3 Å². The van der Waals surface area contributed by atoms with Gasteiger partial charge in [-0.15, -0.1) is 0 Å². The topological polar surface area (TPSA) is 6.48 Å². The highest BCUT2D eigenvalue weighted by molar-refractivity contribution is 6.32. The van der Waals surface area contributed by atoms with Crippen LogP contribution in [-0.2, 0) is 0 Å². The van der Waals surface area contributed by atoms with Gasteiger partial charge in [0, 0.05) is 12.7 Å². The summed E-state index contributed by atoms with van der Waals surface area (Å²) in [5, 5.41) is 0. The number of rotatable bonds is 2. The standard InChI is InChI=1S/C20H19BN2/c1-22-18-9-5-6-10-19(18)23(17-7-3-2-4-8-17)20(22)15-11-13-16(21)14-12-15/h2-14,20H,21H2,1H3. The fraction of sp³-hybridized carbons (Fsp3) is 0.100. The van der Waals surface area contributed by atoms with Crippen LogP contribution in [0.1, 0.15) is 11.7 Å². The summed E-state index contributed by atoms with van der Waals surface area (Å²) in [6, 6.07) is 28.1. The fourth-order valence-electron chi connectivity index (χ4n) is 3.38. The molecule has 1 aliphatic heterocycles. The predicted molar refractivity (Wildman–Crippen MR) is 101 cm³/mol. The van der Waals surface area contributed by atoms with Gasteiger partial charge in [-0.3, -0.25) is 0 Å². The Balaban J connectivity index is 1.88. The van der Waals surface area contributed by atoms with E-state index in [2.05, 4.69) is 104 Å². The van der Waals surface area contributed by atoms with Crippen LogP contribution in [0.25, 0.3) is 0 Å². The molecular weight excluding hydrogens is 279 g/mol. The van der Waals surface area contributed by atoms with Crippen molar-refractivity contribution in [3.05, 3.63) is 84.4 Å². The molecule has 1 heterocycles. The zero-order valence-corrected chi connectivity index (χ0v) is 13.5. The van der Waals surface area contributed by atoms with Gasteiger partial charge in [0.1, 0.15) is 14.0 Å². The second-order valence-corrected chi connectivity index (χ2v) is 6.09. The van der Waals surface area contributed by atoms with Crippen LogP contribution in [0.2, 0.25) is 0 Å². The summed E-state index contributed by atoms with van der Waals surface area (Å²) in [7, 11) is 4.30. The highest BCUT2D eigenvalue weighted by atomic mass is 15.4. The summed E-state index contributed by atoms with van der Waals surface area (Å²) < 4.78 is 0. The lowest BCUT2D eigenvalue weighted by atomic mass is 9.94. The van der Waals surface area contributed by atoms with Crippen molar-refractivity contribution < 1.29 is 0 Å². The van der Waals surface area contributed by atoms with Gasteiger partial charge in [0.05, 0.1) is 11.4 Å². The molecular formula is C20H19BN2. The molecule has 0 aliphatic carbocycles. The minimum Gasteiger partial charge on any atom is -0.349 e. The molecule has 0 N–H and O–H groups in total. The maximum atomic E-state index is 2.42. The summed E-state index contributed by atoms with van der Waals surface area (Å²) in [5.74, 6) is 0. The summed E-state index contributed by atoms with van der Waals surface area (Å²) in [5.41, 5.74) is 6.33. The van der Waals surface area contributed by atoms with Gasteiger partial charge >= 0.3 is 0 Å². The fourth-order valence-corrected chi connectivity index (χ4v) is 3.38. The molecule has 3 heteroatoms. The molecule has 1 atom stereocenters. The first-order valence-corrected chi connectivity index (χ1v) is 7.98. The zero-order valence-electron chi connectivity index (χ0n) is 13.5. The van der Waals surface area contributed by atoms with Crippen molar-refractivity contribution >= 4 is 30.4 Å². The molecule has 0 saturated carbocycles. The van der Waals surface area contributed by atoms with E-state index in [4.69, 9.17) is 0 Å². The average molecular weight is 298 g/mol. The molecule has 112 valence electrons. The molecule has 2 nitrogen and oxygen atoms in total. The van der Waals surface area contributed by atoms with E-state index in [0.29, 0.717) is 0 Å². The van der Waals surface area contributed by atoms with Gasteiger partial charge in [0.15, 0.2) is 0 Å². The van der Waals surface area contributed by atoms with Crippen LogP contribution in [0.3, 0.4) is 0 Å². The molecule has 23 heavy (non-hydrogen) atoms. The van der Waals surface area contributed by atoms with Crippen molar-refractivity contribution in [1.29, 1.82) is 0 Å². The van der Waals surface area contributed by atoms with Gasteiger partial charge in [-0.25, -0.2) is 0 Å². The van der Waals surface area contributed by atoms with E-state index < -0.39 is 0 Å². The van der Waals surface area contributed by atoms with Gasteiger partial charge in [0.2, 0.25) is 0 Å². The second kappa shape index (κ2) is 5.51. The molecule has 3 aromatic rings. The maximum Gasteiger partial charge on any atom is 0.139 e. The van der Waals surface area contributed by atoms with Gasteiger partial charge in [0.25, 0.3) is 0 Å². The van der Waals surface area contributed by atoms with E-state index in [9.17, 15) is 0 Å². The molecule has 3 aromatic carbocycles. The summed E-state index contributed by atoms with van der Waals surface area (Å²) >= 11 is 0. The van der Waals surface area contributed by atoms with Gasteiger partial charge in [-0.2, -0.15) is 0 Å². The maximum absolute atomic E-state index is 2.42. The summed E-state index contributed by atoms with van der Waals surface area (Å²) in [6.45, 7) is 0. The molecule has 0 spiro atoms. The van der Waals surface area contributed by atoms with Gasteiger partial charge < -0.3 is 9.80 Å². The minimum absolute atomic E-state index is 0.176. The number of anilines is 3. The summed E-state index contributed by atoms with van der Waals surface area (Å²) in [6.07, 6.45) is 0.176. The van der Waals surface area contributed by atoms with Crippen LogP contribution in [0, 0.1) is 0 Å².